The molecule has 15 heavy (non-hydrogen) atoms. The Labute approximate surface area is 93.5 Å². The van der Waals surface area contributed by atoms with Gasteiger partial charge in [-0.15, -0.1) is 0 Å². The van der Waals surface area contributed by atoms with Gasteiger partial charge in [-0.05, 0) is 12.1 Å². The molecule has 1 aromatic carbocycles. The summed E-state index contributed by atoms with van der Waals surface area (Å²) in [4.78, 5) is 0. The molecule has 0 spiro atoms. The largest absolute Gasteiger partial charge is 0.207 e. The lowest BCUT2D eigenvalue weighted by Gasteiger charge is -2.27. The van der Waals surface area contributed by atoms with Crippen molar-refractivity contribution in [3.8, 4) is 0 Å². The smallest absolute Gasteiger partial charge is 0.123 e. The fourth-order valence-electron chi connectivity index (χ4n) is 2.37. The van der Waals surface area contributed by atoms with Crippen molar-refractivity contribution in [2.24, 2.45) is 0 Å². The van der Waals surface area contributed by atoms with Gasteiger partial charge in [0, 0.05) is 0 Å². The normalized spacial score (nSPS) is 11.7. The van der Waals surface area contributed by atoms with E-state index in [4.69, 9.17) is 0 Å². The van der Waals surface area contributed by atoms with Crippen LogP contribution in [0.3, 0.4) is 0 Å². The molecule has 1 rings (SSSR count). The average Bonchev–Trinajstić information content (AvgIpc) is 2.19. The highest BCUT2D eigenvalue weighted by Crippen LogP contribution is 2.19. The number of hydrogen-bond acceptors (Lipinski definition) is 0. The Morgan fingerprint density at radius 3 is 1.87 bits per heavy atom. The number of rotatable bonds is 5. The molecular weight excluding hydrogens is 203 g/mol. The molecule has 0 saturated heterocycles. The fourth-order valence-corrected chi connectivity index (χ4v) is 6.38. The van der Waals surface area contributed by atoms with Gasteiger partial charge in [0.25, 0.3) is 0 Å². The van der Waals surface area contributed by atoms with Crippen LogP contribution in [0.15, 0.2) is 24.3 Å². The van der Waals surface area contributed by atoms with E-state index in [-0.39, 0.29) is 5.82 Å². The molecule has 0 nitrogen and oxygen atoms in total. The minimum atomic E-state index is -1.32. The van der Waals surface area contributed by atoms with E-state index in [9.17, 15) is 4.39 Å². The van der Waals surface area contributed by atoms with Gasteiger partial charge in [0.15, 0.2) is 0 Å². The molecular formula is C13H21FSi. The van der Waals surface area contributed by atoms with Crippen molar-refractivity contribution in [1.82, 2.24) is 0 Å². The number of benzene rings is 1. The van der Waals surface area contributed by atoms with E-state index in [0.29, 0.717) is 0 Å². The van der Waals surface area contributed by atoms with Crippen LogP contribution in [-0.2, 0) is 0 Å². The maximum atomic E-state index is 12.9. The summed E-state index contributed by atoms with van der Waals surface area (Å²) in [5.74, 6) is -0.122. The summed E-state index contributed by atoms with van der Waals surface area (Å²) in [6.45, 7) is 6.90. The third-order valence-electron chi connectivity index (χ3n) is 3.14. The fraction of sp³-hybridized carbons (Fsp3) is 0.538. The van der Waals surface area contributed by atoms with Crippen LogP contribution in [0.5, 0.6) is 0 Å². The molecule has 0 N–H and O–H groups in total. The van der Waals surface area contributed by atoms with Crippen LogP contribution in [0, 0.1) is 5.82 Å². The Morgan fingerprint density at radius 2 is 1.47 bits per heavy atom. The first-order chi connectivity index (χ1) is 7.12. The van der Waals surface area contributed by atoms with E-state index >= 15 is 0 Å². The predicted octanol–water partition coefficient (Wildman–Crippen LogP) is 3.93. The molecule has 0 heterocycles. The molecule has 0 fully saturated rings. The Balaban J connectivity index is 2.92. The van der Waals surface area contributed by atoms with Gasteiger partial charge >= 0.3 is 0 Å². The van der Waals surface area contributed by atoms with Gasteiger partial charge in [-0.3, -0.25) is 0 Å². The second-order valence-corrected chi connectivity index (χ2v) is 9.27. The zero-order valence-corrected chi connectivity index (χ0v) is 11.0. The molecule has 0 bridgehead atoms. The van der Waals surface area contributed by atoms with Gasteiger partial charge in [0.05, 0.1) is 8.07 Å². The van der Waals surface area contributed by atoms with E-state index in [1.165, 1.54) is 30.1 Å². The van der Waals surface area contributed by atoms with Crippen LogP contribution in [0.2, 0.25) is 18.6 Å². The van der Waals surface area contributed by atoms with Crippen molar-refractivity contribution in [3.63, 3.8) is 0 Å². The van der Waals surface area contributed by atoms with Crippen molar-refractivity contribution < 1.29 is 4.39 Å². The predicted molar refractivity (Wildman–Crippen MR) is 67.8 cm³/mol. The highest BCUT2D eigenvalue weighted by atomic mass is 28.3. The highest BCUT2D eigenvalue weighted by Gasteiger charge is 2.26. The lowest BCUT2D eigenvalue weighted by Crippen LogP contribution is -2.44. The van der Waals surface area contributed by atoms with Crippen molar-refractivity contribution >= 4 is 13.3 Å². The lowest BCUT2D eigenvalue weighted by molar-refractivity contribution is 0.628. The van der Waals surface area contributed by atoms with Gasteiger partial charge in [-0.25, -0.2) is 4.39 Å². The van der Waals surface area contributed by atoms with Gasteiger partial charge in [-0.1, -0.05) is 62.6 Å². The molecule has 0 radical (unpaired) electrons. The molecule has 0 aliphatic rings. The summed E-state index contributed by atoms with van der Waals surface area (Å²) in [5.41, 5.74) is 0. The number of hydrogen-bond donors (Lipinski definition) is 0. The standard InChI is InChI=1S/C13H21FSi/c1-4-10-15(3,11-5-2)13-8-6-12(14)7-9-13/h6-9H,4-5,10-11H2,1-3H3. The third kappa shape index (κ3) is 3.16. The minimum Gasteiger partial charge on any atom is -0.207 e. The summed E-state index contributed by atoms with van der Waals surface area (Å²) in [7, 11) is -1.32. The van der Waals surface area contributed by atoms with Gasteiger partial charge in [0.1, 0.15) is 5.82 Å². The van der Waals surface area contributed by atoms with Gasteiger partial charge < -0.3 is 0 Å². The second kappa shape index (κ2) is 5.45. The zero-order valence-electron chi connectivity index (χ0n) is 10.0. The maximum absolute atomic E-state index is 12.9. The number of halogens is 1. The first-order valence-corrected chi connectivity index (χ1v) is 8.80. The molecule has 0 saturated carbocycles. The third-order valence-corrected chi connectivity index (χ3v) is 8.08. The van der Waals surface area contributed by atoms with Crippen LogP contribution in [0.4, 0.5) is 4.39 Å². The molecule has 0 unspecified atom stereocenters. The monoisotopic (exact) mass is 224 g/mol. The van der Waals surface area contributed by atoms with Crippen molar-refractivity contribution in [2.75, 3.05) is 0 Å². The second-order valence-electron chi connectivity index (χ2n) is 4.57. The van der Waals surface area contributed by atoms with Gasteiger partial charge in [0.2, 0.25) is 0 Å². The molecule has 0 aliphatic carbocycles. The van der Waals surface area contributed by atoms with Crippen molar-refractivity contribution in [2.45, 2.75) is 45.3 Å². The molecule has 0 aliphatic heterocycles. The summed E-state index contributed by atoms with van der Waals surface area (Å²) < 4.78 is 12.9. The summed E-state index contributed by atoms with van der Waals surface area (Å²) in [5, 5.41) is 1.41. The Bertz CT molecular complexity index is 286. The summed E-state index contributed by atoms with van der Waals surface area (Å²) >= 11 is 0. The first-order valence-electron chi connectivity index (χ1n) is 5.88. The Kier molecular flexibility index (Phi) is 4.52. The van der Waals surface area contributed by atoms with Gasteiger partial charge in [-0.2, -0.15) is 0 Å². The SMILES string of the molecule is CCC[Si](C)(CCC)c1ccc(F)cc1. The van der Waals surface area contributed by atoms with Crippen LogP contribution >= 0.6 is 0 Å². The van der Waals surface area contributed by atoms with Crippen LogP contribution in [-0.4, -0.2) is 8.07 Å². The molecule has 1 aromatic rings. The molecule has 84 valence electrons. The van der Waals surface area contributed by atoms with Crippen LogP contribution in [0.25, 0.3) is 0 Å². The Morgan fingerprint density at radius 1 is 1.00 bits per heavy atom. The topological polar surface area (TPSA) is 0 Å². The van der Waals surface area contributed by atoms with Crippen LogP contribution in [0.1, 0.15) is 26.7 Å². The van der Waals surface area contributed by atoms with E-state index in [2.05, 4.69) is 20.4 Å². The molecule has 0 aromatic heterocycles. The zero-order chi connectivity index (χ0) is 11.3. The van der Waals surface area contributed by atoms with E-state index in [0.717, 1.165) is 0 Å². The lowest BCUT2D eigenvalue weighted by atomic mass is 10.3. The molecule has 0 amide bonds. The van der Waals surface area contributed by atoms with Crippen LogP contribution < -0.4 is 5.19 Å². The maximum Gasteiger partial charge on any atom is 0.123 e. The Hall–Kier alpha value is -0.633. The average molecular weight is 224 g/mol. The van der Waals surface area contributed by atoms with Crippen molar-refractivity contribution in [1.29, 1.82) is 0 Å². The first kappa shape index (κ1) is 12.4. The summed E-state index contributed by atoms with van der Waals surface area (Å²) in [6, 6.07) is 9.82. The summed E-state index contributed by atoms with van der Waals surface area (Å²) in [6.07, 6.45) is 2.47. The van der Waals surface area contributed by atoms with Crippen molar-refractivity contribution in [3.05, 3.63) is 30.1 Å². The molecule has 0 atom stereocenters. The quantitative estimate of drug-likeness (QED) is 0.665. The highest BCUT2D eigenvalue weighted by molar-refractivity contribution is 6.90. The molecule has 2 heteroatoms. The van der Waals surface area contributed by atoms with E-state index < -0.39 is 8.07 Å². The van der Waals surface area contributed by atoms with E-state index in [1.807, 2.05) is 12.1 Å². The van der Waals surface area contributed by atoms with E-state index in [1.54, 1.807) is 12.1 Å². The minimum absolute atomic E-state index is 0.122.